The summed E-state index contributed by atoms with van der Waals surface area (Å²) in [6.45, 7) is 4.03. The summed E-state index contributed by atoms with van der Waals surface area (Å²) >= 11 is 0. The highest BCUT2D eigenvalue weighted by atomic mass is 16.7. The van der Waals surface area contributed by atoms with Gasteiger partial charge in [-0.3, -0.25) is 14.5 Å². The molecule has 2 aromatic heterocycles. The van der Waals surface area contributed by atoms with E-state index in [4.69, 9.17) is 9.47 Å². The Balaban J connectivity index is 1.06. The van der Waals surface area contributed by atoms with Gasteiger partial charge < -0.3 is 19.4 Å². The lowest BCUT2D eigenvalue weighted by molar-refractivity contribution is -0.133. The number of H-pyrrole nitrogens is 1. The molecule has 0 unspecified atom stereocenters. The molecule has 1 amide bonds. The lowest BCUT2D eigenvalue weighted by Gasteiger charge is -2.34. The van der Waals surface area contributed by atoms with Crippen LogP contribution >= 0.6 is 0 Å². The summed E-state index contributed by atoms with van der Waals surface area (Å²) in [6, 6.07) is 15.6. The van der Waals surface area contributed by atoms with E-state index in [2.05, 4.69) is 26.0 Å². The smallest absolute Gasteiger partial charge is 0.262 e. The molecule has 1 N–H and O–H groups in total. The minimum Gasteiger partial charge on any atom is -0.454 e. The van der Waals surface area contributed by atoms with Gasteiger partial charge in [0.25, 0.3) is 5.56 Å². The number of para-hydroxylation sites is 1. The SMILES string of the molecule is O=C(CCc1nc2c(cnn2-c2ccccc2)c(=O)[nH]1)N1CCN(Cc2ccc3c(c2)OCO3)CC1. The zero-order chi connectivity index (χ0) is 24.5. The predicted octanol–water partition coefficient (Wildman–Crippen LogP) is 2.11. The lowest BCUT2D eigenvalue weighted by Crippen LogP contribution is -2.48. The molecule has 0 aliphatic carbocycles. The van der Waals surface area contributed by atoms with Crippen LogP contribution < -0.4 is 15.0 Å². The van der Waals surface area contributed by atoms with Crippen LogP contribution in [0.5, 0.6) is 11.5 Å². The molecule has 10 heteroatoms. The Morgan fingerprint density at radius 1 is 1.00 bits per heavy atom. The highest BCUT2D eigenvalue weighted by Gasteiger charge is 2.22. The number of rotatable bonds is 6. The topological polar surface area (TPSA) is 106 Å². The lowest BCUT2D eigenvalue weighted by atomic mass is 10.1. The standard InChI is InChI=1S/C26H26N6O4/c33-24(31-12-10-30(11-13-31)16-18-6-7-21-22(14-18)36-17-35-21)9-8-23-28-25-20(26(34)29-23)15-27-32(25)19-4-2-1-3-5-19/h1-7,14-15H,8-13,16-17H2,(H,28,29,34). The molecule has 184 valence electrons. The van der Waals surface area contributed by atoms with E-state index in [-0.39, 0.29) is 24.7 Å². The Morgan fingerprint density at radius 3 is 2.64 bits per heavy atom. The molecule has 2 aromatic carbocycles. The summed E-state index contributed by atoms with van der Waals surface area (Å²) in [7, 11) is 0. The minimum absolute atomic E-state index is 0.0667. The van der Waals surface area contributed by atoms with Crippen molar-refractivity contribution in [1.29, 1.82) is 0 Å². The molecule has 36 heavy (non-hydrogen) atoms. The van der Waals surface area contributed by atoms with Crippen molar-refractivity contribution in [3.8, 4) is 17.2 Å². The van der Waals surface area contributed by atoms with Crippen molar-refractivity contribution >= 4 is 16.9 Å². The van der Waals surface area contributed by atoms with Gasteiger partial charge in [0.15, 0.2) is 17.1 Å². The maximum Gasteiger partial charge on any atom is 0.262 e. The van der Waals surface area contributed by atoms with Crippen LogP contribution in [0.4, 0.5) is 0 Å². The first-order valence-electron chi connectivity index (χ1n) is 12.0. The van der Waals surface area contributed by atoms with Crippen molar-refractivity contribution in [1.82, 2.24) is 29.5 Å². The van der Waals surface area contributed by atoms with Gasteiger partial charge in [0.1, 0.15) is 11.2 Å². The Morgan fingerprint density at radius 2 is 1.81 bits per heavy atom. The number of aromatic nitrogens is 4. The molecular formula is C26H26N6O4. The summed E-state index contributed by atoms with van der Waals surface area (Å²) in [4.78, 5) is 37.1. The Hall–Kier alpha value is -4.18. The third-order valence-electron chi connectivity index (χ3n) is 6.63. The summed E-state index contributed by atoms with van der Waals surface area (Å²) in [5.41, 5.74) is 2.23. The van der Waals surface area contributed by atoms with Crippen LogP contribution in [0.3, 0.4) is 0 Å². The van der Waals surface area contributed by atoms with Crippen molar-refractivity contribution in [2.45, 2.75) is 19.4 Å². The fourth-order valence-corrected chi connectivity index (χ4v) is 4.68. The maximum atomic E-state index is 12.9. The molecule has 2 aliphatic rings. The van der Waals surface area contributed by atoms with Crippen LogP contribution in [0.15, 0.2) is 59.5 Å². The Kier molecular flexibility index (Phi) is 5.86. The third-order valence-corrected chi connectivity index (χ3v) is 6.63. The molecule has 0 bridgehead atoms. The molecule has 1 fully saturated rings. The normalized spacial score (nSPS) is 15.5. The minimum atomic E-state index is -0.248. The van der Waals surface area contributed by atoms with Gasteiger partial charge in [0.05, 0.1) is 11.9 Å². The zero-order valence-electron chi connectivity index (χ0n) is 19.7. The van der Waals surface area contributed by atoms with Crippen LogP contribution in [0, 0.1) is 0 Å². The second-order valence-electron chi connectivity index (χ2n) is 8.99. The number of aryl methyl sites for hydroxylation is 1. The van der Waals surface area contributed by atoms with Crippen molar-refractivity contribution in [2.24, 2.45) is 0 Å². The first kappa shape index (κ1) is 22.3. The number of carbonyl (C=O) groups excluding carboxylic acids is 1. The van der Waals surface area contributed by atoms with Crippen molar-refractivity contribution < 1.29 is 14.3 Å². The fourth-order valence-electron chi connectivity index (χ4n) is 4.68. The van der Waals surface area contributed by atoms with Gasteiger partial charge in [-0.25, -0.2) is 9.67 Å². The van der Waals surface area contributed by atoms with E-state index in [1.54, 1.807) is 4.68 Å². The van der Waals surface area contributed by atoms with Gasteiger partial charge in [0.2, 0.25) is 12.7 Å². The number of aromatic amines is 1. The number of amides is 1. The molecule has 1 saturated heterocycles. The molecule has 4 aromatic rings. The number of fused-ring (bicyclic) bond motifs is 2. The molecule has 4 heterocycles. The van der Waals surface area contributed by atoms with Gasteiger partial charge in [-0.1, -0.05) is 24.3 Å². The maximum absolute atomic E-state index is 12.9. The van der Waals surface area contributed by atoms with Crippen LogP contribution in [0.25, 0.3) is 16.7 Å². The molecule has 0 atom stereocenters. The Bertz CT molecular complexity index is 1460. The average Bonchev–Trinajstić information content (AvgIpc) is 3.55. The molecule has 0 radical (unpaired) electrons. The van der Waals surface area contributed by atoms with E-state index in [0.717, 1.165) is 36.8 Å². The van der Waals surface area contributed by atoms with Crippen molar-refractivity contribution in [3.63, 3.8) is 0 Å². The average molecular weight is 487 g/mol. The summed E-state index contributed by atoms with van der Waals surface area (Å²) in [5, 5.41) is 4.75. The monoisotopic (exact) mass is 486 g/mol. The highest BCUT2D eigenvalue weighted by molar-refractivity contribution is 5.77. The van der Waals surface area contributed by atoms with E-state index in [0.29, 0.717) is 36.4 Å². The molecule has 10 nitrogen and oxygen atoms in total. The van der Waals surface area contributed by atoms with Gasteiger partial charge in [-0.05, 0) is 29.8 Å². The number of hydrogen-bond acceptors (Lipinski definition) is 7. The first-order valence-corrected chi connectivity index (χ1v) is 12.0. The van der Waals surface area contributed by atoms with E-state index in [9.17, 15) is 9.59 Å². The fraction of sp³-hybridized carbons (Fsp3) is 0.308. The number of hydrogen-bond donors (Lipinski definition) is 1. The van der Waals surface area contributed by atoms with Gasteiger partial charge in [-0.2, -0.15) is 5.10 Å². The number of nitrogens with one attached hydrogen (secondary N) is 1. The zero-order valence-corrected chi connectivity index (χ0v) is 19.7. The van der Waals surface area contributed by atoms with Crippen LogP contribution in [0.2, 0.25) is 0 Å². The van der Waals surface area contributed by atoms with E-state index in [1.807, 2.05) is 47.4 Å². The van der Waals surface area contributed by atoms with Crippen LogP contribution in [-0.2, 0) is 17.8 Å². The largest absolute Gasteiger partial charge is 0.454 e. The molecule has 0 spiro atoms. The second-order valence-corrected chi connectivity index (χ2v) is 8.99. The van der Waals surface area contributed by atoms with Crippen LogP contribution in [-0.4, -0.2) is 68.4 Å². The second kappa shape index (κ2) is 9.46. The third kappa shape index (κ3) is 4.42. The number of nitrogens with zero attached hydrogens (tertiary/aromatic N) is 5. The molecule has 6 rings (SSSR count). The quantitative estimate of drug-likeness (QED) is 0.445. The van der Waals surface area contributed by atoms with Gasteiger partial charge in [-0.15, -0.1) is 0 Å². The summed E-state index contributed by atoms with van der Waals surface area (Å²) in [5.74, 6) is 2.13. The Labute approximate surface area is 207 Å². The van der Waals surface area contributed by atoms with Crippen molar-refractivity contribution in [3.05, 3.63) is 76.5 Å². The van der Waals surface area contributed by atoms with E-state index in [1.165, 1.54) is 11.8 Å². The van der Waals surface area contributed by atoms with E-state index >= 15 is 0 Å². The predicted molar refractivity (Wildman–Crippen MR) is 132 cm³/mol. The number of benzene rings is 2. The molecular weight excluding hydrogens is 460 g/mol. The highest BCUT2D eigenvalue weighted by Crippen LogP contribution is 2.32. The molecule has 0 saturated carbocycles. The molecule has 2 aliphatic heterocycles. The summed E-state index contributed by atoms with van der Waals surface area (Å²) < 4.78 is 12.5. The first-order chi connectivity index (χ1) is 17.6. The van der Waals surface area contributed by atoms with Crippen LogP contribution in [0.1, 0.15) is 17.8 Å². The van der Waals surface area contributed by atoms with Gasteiger partial charge in [0, 0.05) is 45.6 Å². The van der Waals surface area contributed by atoms with Crippen molar-refractivity contribution in [2.75, 3.05) is 33.0 Å². The van der Waals surface area contributed by atoms with E-state index < -0.39 is 0 Å². The number of carbonyl (C=O) groups is 1. The number of piperazine rings is 1. The van der Waals surface area contributed by atoms with Gasteiger partial charge >= 0.3 is 0 Å². The number of ether oxygens (including phenoxy) is 2. The summed E-state index contributed by atoms with van der Waals surface area (Å²) in [6.07, 6.45) is 2.17.